The second kappa shape index (κ2) is 10.1. The minimum absolute atomic E-state index is 0.155. The van der Waals surface area contributed by atoms with Gasteiger partial charge in [-0.05, 0) is 30.8 Å². The van der Waals surface area contributed by atoms with Gasteiger partial charge < -0.3 is 10.2 Å². The quantitative estimate of drug-likeness (QED) is 0.543. The molecule has 0 saturated carbocycles. The van der Waals surface area contributed by atoms with Gasteiger partial charge in [-0.1, -0.05) is 47.5 Å². The predicted octanol–water partition coefficient (Wildman–Crippen LogP) is 5.05. The highest BCUT2D eigenvalue weighted by Gasteiger charge is 2.14. The van der Waals surface area contributed by atoms with Crippen LogP contribution < -0.4 is 5.32 Å². The van der Waals surface area contributed by atoms with Gasteiger partial charge in [0.1, 0.15) is 5.01 Å². The number of rotatable bonds is 6. The normalized spacial score (nSPS) is 15.2. The number of benzene rings is 2. The van der Waals surface area contributed by atoms with Crippen LogP contribution in [0.25, 0.3) is 10.6 Å². The molecule has 3 aromatic rings. The van der Waals surface area contributed by atoms with Gasteiger partial charge in [-0.2, -0.15) is 0 Å². The maximum Gasteiger partial charge on any atom is 0.230 e. The molecule has 2 heterocycles. The smallest absolute Gasteiger partial charge is 0.230 e. The monoisotopic (exact) mass is 474 g/mol. The van der Waals surface area contributed by atoms with Crippen molar-refractivity contribution in [1.82, 2.24) is 14.8 Å². The van der Waals surface area contributed by atoms with Crippen LogP contribution in [-0.2, 0) is 17.8 Å². The fraction of sp³-hybridized carbons (Fsp3) is 0.304. The van der Waals surface area contributed by atoms with E-state index < -0.39 is 0 Å². The van der Waals surface area contributed by atoms with Crippen LogP contribution in [-0.4, -0.2) is 53.9 Å². The summed E-state index contributed by atoms with van der Waals surface area (Å²) in [6.45, 7) is 5.44. The summed E-state index contributed by atoms with van der Waals surface area (Å²) in [7, 11) is 2.17. The average molecular weight is 475 g/mol. The molecule has 1 aliphatic heterocycles. The third-order valence-electron chi connectivity index (χ3n) is 5.24. The van der Waals surface area contributed by atoms with E-state index in [9.17, 15) is 4.79 Å². The Kier molecular flexibility index (Phi) is 7.25. The molecule has 1 fully saturated rings. The zero-order valence-corrected chi connectivity index (χ0v) is 19.6. The van der Waals surface area contributed by atoms with Crippen molar-refractivity contribution in [2.45, 2.75) is 13.0 Å². The second-order valence-corrected chi connectivity index (χ2v) is 9.53. The van der Waals surface area contributed by atoms with E-state index >= 15 is 0 Å². The van der Waals surface area contributed by atoms with Gasteiger partial charge in [0, 0.05) is 59.4 Å². The first kappa shape index (κ1) is 22.2. The molecule has 1 N–H and O–H groups in total. The molecule has 5 nitrogen and oxygen atoms in total. The summed E-state index contributed by atoms with van der Waals surface area (Å²) >= 11 is 13.5. The van der Waals surface area contributed by atoms with Gasteiger partial charge in [0.05, 0.1) is 12.1 Å². The Bertz CT molecular complexity index is 1030. The van der Waals surface area contributed by atoms with Crippen LogP contribution in [0, 0.1) is 0 Å². The zero-order chi connectivity index (χ0) is 21.8. The topological polar surface area (TPSA) is 48.5 Å². The van der Waals surface area contributed by atoms with Crippen LogP contribution in [0.1, 0.15) is 11.3 Å². The molecule has 1 saturated heterocycles. The van der Waals surface area contributed by atoms with Crippen molar-refractivity contribution in [2.24, 2.45) is 0 Å². The molecule has 0 spiro atoms. The van der Waals surface area contributed by atoms with Gasteiger partial charge in [0.25, 0.3) is 0 Å². The van der Waals surface area contributed by atoms with Crippen LogP contribution in [0.15, 0.2) is 47.8 Å². The number of nitrogens with zero attached hydrogens (tertiary/aromatic N) is 3. The molecule has 0 radical (unpaired) electrons. The molecule has 0 atom stereocenters. The highest BCUT2D eigenvalue weighted by molar-refractivity contribution is 7.13. The first-order valence-electron chi connectivity index (χ1n) is 10.2. The lowest BCUT2D eigenvalue weighted by atomic mass is 10.1. The van der Waals surface area contributed by atoms with E-state index in [1.807, 2.05) is 5.38 Å². The Hall–Kier alpha value is -1.96. The van der Waals surface area contributed by atoms with E-state index in [1.54, 1.807) is 29.5 Å². The molecular formula is C23H24Cl2N4OS. The molecule has 0 unspecified atom stereocenters. The molecule has 1 aromatic heterocycles. The summed E-state index contributed by atoms with van der Waals surface area (Å²) in [6, 6.07) is 13.5. The van der Waals surface area contributed by atoms with E-state index in [0.29, 0.717) is 15.7 Å². The summed E-state index contributed by atoms with van der Waals surface area (Å²) in [5.74, 6) is -0.155. The Labute approximate surface area is 196 Å². The highest BCUT2D eigenvalue weighted by Crippen LogP contribution is 2.26. The number of carbonyl (C=O) groups is 1. The first-order valence-corrected chi connectivity index (χ1v) is 11.8. The number of thiazole rings is 1. The van der Waals surface area contributed by atoms with Gasteiger partial charge in [-0.25, -0.2) is 4.98 Å². The molecule has 2 aromatic carbocycles. The molecular weight excluding hydrogens is 451 g/mol. The maximum absolute atomic E-state index is 12.4. The van der Waals surface area contributed by atoms with Crippen LogP contribution in [0.5, 0.6) is 0 Å². The van der Waals surface area contributed by atoms with Crippen LogP contribution in [0.3, 0.4) is 0 Å². The number of piperazine rings is 1. The van der Waals surface area contributed by atoms with E-state index in [-0.39, 0.29) is 12.3 Å². The number of amides is 1. The number of hydrogen-bond acceptors (Lipinski definition) is 5. The lowest BCUT2D eigenvalue weighted by Crippen LogP contribution is -2.43. The number of aromatic nitrogens is 1. The van der Waals surface area contributed by atoms with Crippen LogP contribution in [0.4, 0.5) is 5.69 Å². The van der Waals surface area contributed by atoms with Crippen LogP contribution >= 0.6 is 34.5 Å². The summed E-state index contributed by atoms with van der Waals surface area (Å²) in [5.41, 5.74) is 3.70. The highest BCUT2D eigenvalue weighted by atomic mass is 35.5. The molecule has 1 aliphatic rings. The average Bonchev–Trinajstić information content (AvgIpc) is 3.18. The standard InChI is InChI=1S/C23H24Cl2N4OS/c1-28-6-8-29(9-7-28)14-16-2-4-17(5-3-16)23-27-21(15-31-23)13-22(30)26-20-11-18(24)10-19(25)12-20/h2-5,10-12,15H,6-9,13-14H2,1H3,(H,26,30). The fourth-order valence-corrected chi connectivity index (χ4v) is 4.89. The van der Waals surface area contributed by atoms with Crippen molar-refractivity contribution in [3.63, 3.8) is 0 Å². The van der Waals surface area contributed by atoms with Gasteiger partial charge >= 0.3 is 0 Å². The molecule has 0 aliphatic carbocycles. The zero-order valence-electron chi connectivity index (χ0n) is 17.3. The summed E-state index contributed by atoms with van der Waals surface area (Å²) in [4.78, 5) is 21.9. The Morgan fingerprint density at radius 1 is 1.06 bits per heavy atom. The van der Waals surface area contributed by atoms with Crippen molar-refractivity contribution < 1.29 is 4.79 Å². The first-order chi connectivity index (χ1) is 14.9. The van der Waals surface area contributed by atoms with Crippen molar-refractivity contribution in [2.75, 3.05) is 38.5 Å². The Morgan fingerprint density at radius 2 is 1.74 bits per heavy atom. The van der Waals surface area contributed by atoms with Gasteiger partial charge in [-0.3, -0.25) is 9.69 Å². The van der Waals surface area contributed by atoms with Crippen molar-refractivity contribution in [3.05, 3.63) is 69.1 Å². The number of anilines is 1. The molecule has 4 rings (SSSR count). The van der Waals surface area contributed by atoms with E-state index in [1.165, 1.54) is 5.56 Å². The van der Waals surface area contributed by atoms with Crippen molar-refractivity contribution in [3.8, 4) is 10.6 Å². The number of carbonyl (C=O) groups excluding carboxylic acids is 1. The van der Waals surface area contributed by atoms with Crippen molar-refractivity contribution >= 4 is 46.1 Å². The van der Waals surface area contributed by atoms with Gasteiger partial charge in [0.15, 0.2) is 0 Å². The van der Waals surface area contributed by atoms with Gasteiger partial charge in [-0.15, -0.1) is 11.3 Å². The summed E-state index contributed by atoms with van der Waals surface area (Å²) in [5, 5.41) is 6.63. The summed E-state index contributed by atoms with van der Waals surface area (Å²) in [6.07, 6.45) is 0.197. The molecule has 0 bridgehead atoms. The number of likely N-dealkylation sites (N-methyl/N-ethyl adjacent to an activating group) is 1. The Morgan fingerprint density at radius 3 is 2.42 bits per heavy atom. The van der Waals surface area contributed by atoms with E-state index in [2.05, 4.69) is 51.4 Å². The Balaban J connectivity index is 1.34. The third-order valence-corrected chi connectivity index (χ3v) is 6.62. The lowest BCUT2D eigenvalue weighted by Gasteiger charge is -2.32. The second-order valence-electron chi connectivity index (χ2n) is 7.80. The number of halogens is 2. The fourth-order valence-electron chi connectivity index (χ4n) is 3.53. The SMILES string of the molecule is CN1CCN(Cc2ccc(-c3nc(CC(=O)Nc4cc(Cl)cc(Cl)c4)cs3)cc2)CC1. The molecule has 1 amide bonds. The van der Waals surface area contributed by atoms with Crippen LogP contribution in [0.2, 0.25) is 10.0 Å². The maximum atomic E-state index is 12.4. The minimum Gasteiger partial charge on any atom is -0.326 e. The van der Waals surface area contributed by atoms with E-state index in [4.69, 9.17) is 23.2 Å². The van der Waals surface area contributed by atoms with E-state index in [0.717, 1.165) is 49.0 Å². The molecule has 162 valence electrons. The largest absolute Gasteiger partial charge is 0.326 e. The lowest BCUT2D eigenvalue weighted by molar-refractivity contribution is -0.115. The molecule has 8 heteroatoms. The van der Waals surface area contributed by atoms with Crippen molar-refractivity contribution in [1.29, 1.82) is 0 Å². The number of nitrogens with one attached hydrogen (secondary N) is 1. The molecule has 31 heavy (non-hydrogen) atoms. The predicted molar refractivity (Wildman–Crippen MR) is 129 cm³/mol. The number of hydrogen-bond donors (Lipinski definition) is 1. The summed E-state index contributed by atoms with van der Waals surface area (Å²) < 4.78 is 0. The third kappa shape index (κ3) is 6.28. The minimum atomic E-state index is -0.155. The van der Waals surface area contributed by atoms with Gasteiger partial charge in [0.2, 0.25) is 5.91 Å².